The summed E-state index contributed by atoms with van der Waals surface area (Å²) in [6, 6.07) is 7.72. The van der Waals surface area contributed by atoms with Gasteiger partial charge in [0.25, 0.3) is 0 Å². The molecule has 1 aromatic carbocycles. The van der Waals surface area contributed by atoms with Gasteiger partial charge in [-0.1, -0.05) is 32.9 Å². The number of amides is 1. The Bertz CT molecular complexity index is 338. The Balaban J connectivity index is 2.70. The van der Waals surface area contributed by atoms with Crippen molar-refractivity contribution in [3.8, 4) is 0 Å². The molecular weight excluding hydrogens is 206 g/mol. The van der Waals surface area contributed by atoms with Gasteiger partial charge >= 0.3 is 0 Å². The first-order chi connectivity index (χ1) is 6.93. The molecule has 0 aliphatic rings. The third-order valence-corrected chi connectivity index (χ3v) is 2.44. The number of benzene rings is 1. The number of nitrogens with one attached hydrogen (secondary N) is 1. The summed E-state index contributed by atoms with van der Waals surface area (Å²) in [4.78, 5) is 11.7. The lowest BCUT2D eigenvalue weighted by molar-refractivity contribution is -0.123. The van der Waals surface area contributed by atoms with Crippen molar-refractivity contribution in [1.82, 2.24) is 0 Å². The van der Waals surface area contributed by atoms with Gasteiger partial charge < -0.3 is 5.32 Å². The fourth-order valence-corrected chi connectivity index (χ4v) is 1.22. The summed E-state index contributed by atoms with van der Waals surface area (Å²) >= 11 is 4.17. The van der Waals surface area contributed by atoms with Crippen LogP contribution in [0.1, 0.15) is 26.3 Å². The van der Waals surface area contributed by atoms with Crippen molar-refractivity contribution in [3.05, 3.63) is 29.8 Å². The lowest BCUT2D eigenvalue weighted by Crippen LogP contribution is -2.27. The Morgan fingerprint density at radius 2 is 1.80 bits per heavy atom. The molecule has 2 nitrogen and oxygen atoms in total. The number of thiol groups is 1. The van der Waals surface area contributed by atoms with Crippen molar-refractivity contribution in [2.75, 3.05) is 5.32 Å². The molecule has 0 spiro atoms. The summed E-state index contributed by atoms with van der Waals surface area (Å²) in [6.07, 6.45) is 0. The van der Waals surface area contributed by atoms with E-state index in [0.717, 1.165) is 11.3 Å². The number of carbonyl (C=O) groups excluding carboxylic acids is 1. The second kappa shape index (κ2) is 4.71. The van der Waals surface area contributed by atoms with Gasteiger partial charge in [0.1, 0.15) is 0 Å². The predicted molar refractivity (Wildman–Crippen MR) is 67.2 cm³/mol. The van der Waals surface area contributed by atoms with Crippen LogP contribution in [0.25, 0.3) is 0 Å². The number of carbonyl (C=O) groups is 1. The second-order valence-electron chi connectivity index (χ2n) is 4.56. The first-order valence-corrected chi connectivity index (χ1v) is 5.58. The van der Waals surface area contributed by atoms with Crippen molar-refractivity contribution in [3.63, 3.8) is 0 Å². The highest BCUT2D eigenvalue weighted by molar-refractivity contribution is 7.79. The van der Waals surface area contributed by atoms with Gasteiger partial charge in [-0.25, -0.2) is 0 Å². The average molecular weight is 223 g/mol. The average Bonchev–Trinajstić information content (AvgIpc) is 2.17. The van der Waals surface area contributed by atoms with Gasteiger partial charge in [0.15, 0.2) is 0 Å². The number of rotatable bonds is 2. The van der Waals surface area contributed by atoms with Crippen LogP contribution in [-0.2, 0) is 10.5 Å². The van der Waals surface area contributed by atoms with Crippen molar-refractivity contribution in [2.45, 2.75) is 26.5 Å². The Labute approximate surface area is 96.5 Å². The molecule has 1 aromatic rings. The molecule has 0 heterocycles. The molecule has 0 fully saturated rings. The van der Waals surface area contributed by atoms with Gasteiger partial charge in [-0.3, -0.25) is 4.79 Å². The van der Waals surface area contributed by atoms with Crippen LogP contribution in [0.3, 0.4) is 0 Å². The SMILES string of the molecule is CC(C)(C)C(=O)Nc1ccc(CS)cc1. The molecule has 15 heavy (non-hydrogen) atoms. The Kier molecular flexibility index (Phi) is 3.80. The zero-order valence-corrected chi connectivity index (χ0v) is 10.3. The molecule has 1 N–H and O–H groups in total. The molecule has 3 heteroatoms. The zero-order valence-electron chi connectivity index (χ0n) is 9.37. The summed E-state index contributed by atoms with van der Waals surface area (Å²) in [5.74, 6) is 0.745. The molecule has 0 aromatic heterocycles. The molecular formula is C12H17NOS. The third-order valence-electron chi connectivity index (χ3n) is 2.08. The van der Waals surface area contributed by atoms with E-state index in [0.29, 0.717) is 5.75 Å². The van der Waals surface area contributed by atoms with E-state index >= 15 is 0 Å². The van der Waals surface area contributed by atoms with E-state index in [1.165, 1.54) is 0 Å². The van der Waals surface area contributed by atoms with E-state index in [1.54, 1.807) is 0 Å². The van der Waals surface area contributed by atoms with Gasteiger partial charge in [-0.15, -0.1) is 0 Å². The Hall–Kier alpha value is -0.960. The number of hydrogen-bond donors (Lipinski definition) is 2. The van der Waals surface area contributed by atoms with E-state index in [2.05, 4.69) is 17.9 Å². The Morgan fingerprint density at radius 3 is 2.20 bits per heavy atom. The van der Waals surface area contributed by atoms with E-state index < -0.39 is 0 Å². The van der Waals surface area contributed by atoms with Crippen LogP contribution in [-0.4, -0.2) is 5.91 Å². The van der Waals surface area contributed by atoms with Crippen LogP contribution in [0, 0.1) is 5.41 Å². The maximum Gasteiger partial charge on any atom is 0.229 e. The van der Waals surface area contributed by atoms with Gasteiger partial charge in [0.2, 0.25) is 5.91 Å². The monoisotopic (exact) mass is 223 g/mol. The summed E-state index contributed by atoms with van der Waals surface area (Å²) in [7, 11) is 0. The summed E-state index contributed by atoms with van der Waals surface area (Å²) in [6.45, 7) is 5.68. The predicted octanol–water partition coefficient (Wildman–Crippen LogP) is 3.10. The first-order valence-electron chi connectivity index (χ1n) is 4.95. The van der Waals surface area contributed by atoms with Crippen LogP contribution in [0.2, 0.25) is 0 Å². The topological polar surface area (TPSA) is 29.1 Å². The number of hydrogen-bond acceptors (Lipinski definition) is 2. The van der Waals surface area contributed by atoms with Crippen LogP contribution in [0.15, 0.2) is 24.3 Å². The number of anilines is 1. The summed E-state index contributed by atoms with van der Waals surface area (Å²) in [5, 5.41) is 2.87. The van der Waals surface area contributed by atoms with E-state index in [9.17, 15) is 4.79 Å². The molecule has 1 rings (SSSR count). The molecule has 0 saturated carbocycles. The van der Waals surface area contributed by atoms with Gasteiger partial charge in [0.05, 0.1) is 0 Å². The maximum absolute atomic E-state index is 11.7. The molecule has 82 valence electrons. The van der Waals surface area contributed by atoms with Crippen LogP contribution in [0.4, 0.5) is 5.69 Å². The van der Waals surface area contributed by atoms with E-state index in [-0.39, 0.29) is 11.3 Å². The van der Waals surface area contributed by atoms with E-state index in [4.69, 9.17) is 0 Å². The fourth-order valence-electron chi connectivity index (χ4n) is 1.01. The van der Waals surface area contributed by atoms with Crippen LogP contribution >= 0.6 is 12.6 Å². The molecule has 0 aliphatic heterocycles. The van der Waals surface area contributed by atoms with Gasteiger partial charge in [-0.05, 0) is 17.7 Å². The van der Waals surface area contributed by atoms with Crippen molar-refractivity contribution in [2.24, 2.45) is 5.41 Å². The lowest BCUT2D eigenvalue weighted by Gasteiger charge is -2.17. The van der Waals surface area contributed by atoms with Crippen LogP contribution in [0.5, 0.6) is 0 Å². The molecule has 0 saturated heterocycles. The molecule has 0 atom stereocenters. The lowest BCUT2D eigenvalue weighted by atomic mass is 9.95. The van der Waals surface area contributed by atoms with Crippen molar-refractivity contribution < 1.29 is 4.79 Å². The standard InChI is InChI=1S/C12H17NOS/c1-12(2,3)11(14)13-10-6-4-9(8-15)5-7-10/h4-7,15H,8H2,1-3H3,(H,13,14). The molecule has 0 aliphatic carbocycles. The highest BCUT2D eigenvalue weighted by Gasteiger charge is 2.20. The first kappa shape index (κ1) is 12.1. The minimum Gasteiger partial charge on any atom is -0.326 e. The summed E-state index contributed by atoms with van der Waals surface area (Å²) in [5.41, 5.74) is 1.62. The van der Waals surface area contributed by atoms with Crippen molar-refractivity contribution in [1.29, 1.82) is 0 Å². The smallest absolute Gasteiger partial charge is 0.229 e. The van der Waals surface area contributed by atoms with Gasteiger partial charge in [0, 0.05) is 16.9 Å². The highest BCUT2D eigenvalue weighted by atomic mass is 32.1. The molecule has 1 amide bonds. The van der Waals surface area contributed by atoms with E-state index in [1.807, 2.05) is 45.0 Å². The molecule has 0 unspecified atom stereocenters. The zero-order chi connectivity index (χ0) is 11.5. The van der Waals surface area contributed by atoms with Crippen molar-refractivity contribution >= 4 is 24.2 Å². The summed E-state index contributed by atoms with van der Waals surface area (Å²) < 4.78 is 0. The third kappa shape index (κ3) is 3.59. The maximum atomic E-state index is 11.7. The highest BCUT2D eigenvalue weighted by Crippen LogP contribution is 2.17. The molecule has 0 bridgehead atoms. The minimum absolute atomic E-state index is 0.0288. The second-order valence-corrected chi connectivity index (χ2v) is 4.88. The fraction of sp³-hybridized carbons (Fsp3) is 0.417. The van der Waals surface area contributed by atoms with Gasteiger partial charge in [-0.2, -0.15) is 12.6 Å². The van der Waals surface area contributed by atoms with Crippen LogP contribution < -0.4 is 5.32 Å². The molecule has 0 radical (unpaired) electrons. The minimum atomic E-state index is -0.359. The Morgan fingerprint density at radius 1 is 1.27 bits per heavy atom. The normalized spacial score (nSPS) is 11.2. The largest absolute Gasteiger partial charge is 0.326 e. The quantitative estimate of drug-likeness (QED) is 0.741.